The number of benzene rings is 1. The van der Waals surface area contributed by atoms with Crippen LogP contribution in [0.25, 0.3) is 0 Å². The molecule has 2 bridgehead atoms. The van der Waals surface area contributed by atoms with Crippen LogP contribution in [0.4, 0.5) is 5.69 Å². The normalized spacial score (nSPS) is 28.7. The standard InChI is InChI=1S/C18H22ClN3O2.ClH/c19-13-1-3-14(4-2-13)21-11-12(9-17(21)23)18(24)22-15-5-6-16(22)10-20-8-7-15;/h1-4,12,15-16,20H,5-11H2;1H. The summed E-state index contributed by atoms with van der Waals surface area (Å²) in [6, 6.07) is 7.88. The summed E-state index contributed by atoms with van der Waals surface area (Å²) in [6.07, 6.45) is 3.50. The number of rotatable bonds is 2. The molecule has 0 aliphatic carbocycles. The first kappa shape index (κ1) is 18.5. The fourth-order valence-corrected chi connectivity index (χ4v) is 4.42. The van der Waals surface area contributed by atoms with Gasteiger partial charge in [0, 0.05) is 42.3 Å². The van der Waals surface area contributed by atoms with Gasteiger partial charge in [-0.2, -0.15) is 0 Å². The average Bonchev–Trinajstić information content (AvgIpc) is 3.06. The summed E-state index contributed by atoms with van der Waals surface area (Å²) in [7, 11) is 0. The highest BCUT2D eigenvalue weighted by Gasteiger charge is 2.44. The molecule has 3 heterocycles. The molecule has 1 aromatic rings. The lowest BCUT2D eigenvalue weighted by Gasteiger charge is -2.30. The maximum absolute atomic E-state index is 13.1. The highest BCUT2D eigenvalue weighted by molar-refractivity contribution is 6.30. The summed E-state index contributed by atoms with van der Waals surface area (Å²) in [6.45, 7) is 2.33. The maximum atomic E-state index is 13.1. The molecule has 7 heteroatoms. The zero-order chi connectivity index (χ0) is 16.7. The monoisotopic (exact) mass is 383 g/mol. The van der Waals surface area contributed by atoms with Gasteiger partial charge in [-0.3, -0.25) is 9.59 Å². The second-order valence-corrected chi connectivity index (χ2v) is 7.44. The lowest BCUT2D eigenvalue weighted by Crippen LogP contribution is -2.46. The number of amides is 2. The van der Waals surface area contributed by atoms with Crippen molar-refractivity contribution in [1.29, 1.82) is 0 Å². The number of carbonyl (C=O) groups is 2. The van der Waals surface area contributed by atoms with E-state index in [1.54, 1.807) is 17.0 Å². The smallest absolute Gasteiger partial charge is 0.228 e. The molecule has 1 N–H and O–H groups in total. The van der Waals surface area contributed by atoms with Gasteiger partial charge in [-0.15, -0.1) is 12.4 Å². The van der Waals surface area contributed by atoms with Crippen LogP contribution in [0.15, 0.2) is 24.3 Å². The van der Waals surface area contributed by atoms with Gasteiger partial charge in [0.1, 0.15) is 0 Å². The molecule has 3 aliphatic rings. The first-order valence-corrected chi connectivity index (χ1v) is 9.10. The van der Waals surface area contributed by atoms with E-state index in [1.165, 1.54) is 0 Å². The Labute approximate surface area is 159 Å². The van der Waals surface area contributed by atoms with E-state index in [1.807, 2.05) is 12.1 Å². The predicted octanol–water partition coefficient (Wildman–Crippen LogP) is 2.47. The Balaban J connectivity index is 0.00000182. The van der Waals surface area contributed by atoms with E-state index in [2.05, 4.69) is 10.2 Å². The first-order valence-electron chi connectivity index (χ1n) is 8.72. The van der Waals surface area contributed by atoms with Gasteiger partial charge in [-0.1, -0.05) is 11.6 Å². The molecule has 1 aromatic carbocycles. The van der Waals surface area contributed by atoms with Crippen LogP contribution in [0, 0.1) is 5.92 Å². The number of halogens is 2. The number of carbonyl (C=O) groups excluding carboxylic acids is 2. The Hall–Kier alpha value is -1.30. The van der Waals surface area contributed by atoms with Crippen LogP contribution < -0.4 is 10.2 Å². The topological polar surface area (TPSA) is 52.7 Å². The van der Waals surface area contributed by atoms with Crippen molar-refractivity contribution in [1.82, 2.24) is 10.2 Å². The molecule has 0 aromatic heterocycles. The summed E-state index contributed by atoms with van der Waals surface area (Å²) < 4.78 is 0. The van der Waals surface area contributed by atoms with Crippen LogP contribution in [0.5, 0.6) is 0 Å². The lowest BCUT2D eigenvalue weighted by atomic mass is 10.1. The van der Waals surface area contributed by atoms with E-state index in [0.29, 0.717) is 30.1 Å². The number of anilines is 1. The van der Waals surface area contributed by atoms with E-state index < -0.39 is 0 Å². The number of hydrogen-bond acceptors (Lipinski definition) is 3. The fraction of sp³-hybridized carbons (Fsp3) is 0.556. The van der Waals surface area contributed by atoms with E-state index in [0.717, 1.165) is 38.0 Å². The Morgan fingerprint density at radius 2 is 1.84 bits per heavy atom. The summed E-state index contributed by atoms with van der Waals surface area (Å²) in [5.41, 5.74) is 0.820. The van der Waals surface area contributed by atoms with E-state index in [4.69, 9.17) is 11.6 Å². The molecule has 0 spiro atoms. The Bertz CT molecular complexity index is 638. The molecule has 3 aliphatic heterocycles. The minimum absolute atomic E-state index is 0. The van der Waals surface area contributed by atoms with Crippen molar-refractivity contribution >= 4 is 41.5 Å². The van der Waals surface area contributed by atoms with Crippen LogP contribution in [0.3, 0.4) is 0 Å². The molecule has 5 nitrogen and oxygen atoms in total. The number of fused-ring (bicyclic) bond motifs is 2. The second-order valence-electron chi connectivity index (χ2n) is 7.01. The molecule has 0 radical (unpaired) electrons. The highest BCUT2D eigenvalue weighted by atomic mass is 35.5. The fourth-order valence-electron chi connectivity index (χ4n) is 4.30. The van der Waals surface area contributed by atoms with E-state index in [-0.39, 0.29) is 30.1 Å². The third-order valence-corrected chi connectivity index (χ3v) is 5.77. The van der Waals surface area contributed by atoms with Crippen molar-refractivity contribution in [3.05, 3.63) is 29.3 Å². The van der Waals surface area contributed by atoms with Crippen molar-refractivity contribution in [2.75, 3.05) is 24.5 Å². The molecule has 3 atom stereocenters. The lowest BCUT2D eigenvalue weighted by molar-refractivity contribution is -0.138. The van der Waals surface area contributed by atoms with Gasteiger partial charge in [0.05, 0.1) is 5.92 Å². The molecule has 3 saturated heterocycles. The van der Waals surface area contributed by atoms with Gasteiger partial charge in [0.15, 0.2) is 0 Å². The van der Waals surface area contributed by atoms with Crippen molar-refractivity contribution < 1.29 is 9.59 Å². The molecular formula is C18H23Cl2N3O2. The predicted molar refractivity (Wildman–Crippen MR) is 100 cm³/mol. The van der Waals surface area contributed by atoms with Crippen LogP contribution in [-0.4, -0.2) is 48.4 Å². The summed E-state index contributed by atoms with van der Waals surface area (Å²) in [4.78, 5) is 29.3. The maximum Gasteiger partial charge on any atom is 0.228 e. The minimum atomic E-state index is -0.227. The zero-order valence-corrected chi connectivity index (χ0v) is 15.6. The number of hydrogen-bond donors (Lipinski definition) is 1. The van der Waals surface area contributed by atoms with Gasteiger partial charge in [0.2, 0.25) is 11.8 Å². The Kier molecular flexibility index (Phi) is 5.56. The Morgan fingerprint density at radius 3 is 2.60 bits per heavy atom. The third kappa shape index (κ3) is 3.50. The molecule has 3 unspecified atom stereocenters. The summed E-state index contributed by atoms with van der Waals surface area (Å²) in [5, 5.41) is 4.06. The first-order chi connectivity index (χ1) is 11.6. The number of nitrogens with zero attached hydrogens (tertiary/aromatic N) is 2. The van der Waals surface area contributed by atoms with Crippen molar-refractivity contribution in [3.8, 4) is 0 Å². The van der Waals surface area contributed by atoms with Gasteiger partial charge in [-0.25, -0.2) is 0 Å². The molecule has 3 fully saturated rings. The van der Waals surface area contributed by atoms with Crippen LogP contribution in [-0.2, 0) is 9.59 Å². The molecule has 136 valence electrons. The zero-order valence-electron chi connectivity index (χ0n) is 14.0. The van der Waals surface area contributed by atoms with Gasteiger partial charge < -0.3 is 15.1 Å². The summed E-state index contributed by atoms with van der Waals surface area (Å²) in [5.74, 6) is -0.0404. The largest absolute Gasteiger partial charge is 0.335 e. The van der Waals surface area contributed by atoms with Crippen molar-refractivity contribution in [3.63, 3.8) is 0 Å². The van der Waals surface area contributed by atoms with Crippen LogP contribution in [0.1, 0.15) is 25.7 Å². The minimum Gasteiger partial charge on any atom is -0.335 e. The van der Waals surface area contributed by atoms with Gasteiger partial charge in [0.25, 0.3) is 0 Å². The highest BCUT2D eigenvalue weighted by Crippen LogP contribution is 2.33. The SMILES string of the molecule is Cl.O=C1CC(C(=O)N2C3CCNCC2CC3)CN1c1ccc(Cl)cc1. The van der Waals surface area contributed by atoms with E-state index >= 15 is 0 Å². The Morgan fingerprint density at radius 1 is 1.12 bits per heavy atom. The average molecular weight is 384 g/mol. The van der Waals surface area contributed by atoms with Crippen LogP contribution >= 0.6 is 24.0 Å². The van der Waals surface area contributed by atoms with E-state index in [9.17, 15) is 9.59 Å². The molecule has 2 amide bonds. The summed E-state index contributed by atoms with van der Waals surface area (Å²) >= 11 is 5.92. The van der Waals surface area contributed by atoms with Crippen LogP contribution in [0.2, 0.25) is 5.02 Å². The molecule has 25 heavy (non-hydrogen) atoms. The number of nitrogens with one attached hydrogen (secondary N) is 1. The molecular weight excluding hydrogens is 361 g/mol. The second kappa shape index (κ2) is 7.52. The van der Waals surface area contributed by atoms with Gasteiger partial charge in [-0.05, 0) is 50.1 Å². The quantitative estimate of drug-likeness (QED) is 0.853. The van der Waals surface area contributed by atoms with Gasteiger partial charge >= 0.3 is 0 Å². The molecule has 0 saturated carbocycles. The third-order valence-electron chi connectivity index (χ3n) is 5.52. The van der Waals surface area contributed by atoms with Crippen molar-refractivity contribution in [2.45, 2.75) is 37.8 Å². The van der Waals surface area contributed by atoms with Crippen molar-refractivity contribution in [2.24, 2.45) is 5.92 Å². The molecule has 4 rings (SSSR count).